The molecule has 0 radical (unpaired) electrons. The Morgan fingerprint density at radius 3 is 2.54 bits per heavy atom. The molecule has 2 amide bonds. The SMILES string of the molecule is O=C(NCC(O)c1ccco1)NCC1(c2ccccc2)CCCC1. The molecule has 1 heterocycles. The van der Waals surface area contributed by atoms with E-state index in [1.807, 2.05) is 6.07 Å². The molecule has 1 aliphatic carbocycles. The van der Waals surface area contributed by atoms with E-state index in [2.05, 4.69) is 34.9 Å². The number of aliphatic hydroxyl groups is 1. The van der Waals surface area contributed by atoms with Crippen LogP contribution in [-0.2, 0) is 5.41 Å². The molecular formula is C19H24N2O3. The van der Waals surface area contributed by atoms with Crippen molar-refractivity contribution in [2.75, 3.05) is 13.1 Å². The van der Waals surface area contributed by atoms with Gasteiger partial charge in [0.25, 0.3) is 0 Å². The second-order valence-electron chi connectivity index (χ2n) is 6.45. The number of amides is 2. The van der Waals surface area contributed by atoms with Crippen molar-refractivity contribution >= 4 is 6.03 Å². The van der Waals surface area contributed by atoms with Crippen LogP contribution in [0, 0.1) is 0 Å². The third kappa shape index (κ3) is 3.79. The Bertz CT molecular complexity index is 634. The fraction of sp³-hybridized carbons (Fsp3) is 0.421. The van der Waals surface area contributed by atoms with E-state index in [1.165, 1.54) is 24.7 Å². The first-order valence-corrected chi connectivity index (χ1v) is 8.48. The molecule has 1 atom stereocenters. The van der Waals surface area contributed by atoms with Gasteiger partial charge in [-0.3, -0.25) is 0 Å². The molecule has 1 fully saturated rings. The predicted octanol–water partition coefficient (Wildman–Crippen LogP) is 3.12. The number of hydrogen-bond donors (Lipinski definition) is 3. The summed E-state index contributed by atoms with van der Waals surface area (Å²) >= 11 is 0. The van der Waals surface area contributed by atoms with Crippen LogP contribution >= 0.6 is 0 Å². The molecule has 1 unspecified atom stereocenters. The zero-order valence-corrected chi connectivity index (χ0v) is 13.7. The monoisotopic (exact) mass is 328 g/mol. The number of urea groups is 1. The summed E-state index contributed by atoms with van der Waals surface area (Å²) in [5.74, 6) is 0.451. The molecule has 3 rings (SSSR count). The second kappa shape index (κ2) is 7.53. The van der Waals surface area contributed by atoms with Crippen molar-refractivity contribution in [3.05, 3.63) is 60.1 Å². The summed E-state index contributed by atoms with van der Waals surface area (Å²) in [7, 11) is 0. The number of furan rings is 1. The number of carbonyl (C=O) groups is 1. The summed E-state index contributed by atoms with van der Waals surface area (Å²) in [6, 6.07) is 13.5. The maximum atomic E-state index is 12.1. The average Bonchev–Trinajstić information content (AvgIpc) is 3.31. The van der Waals surface area contributed by atoms with E-state index in [9.17, 15) is 9.90 Å². The molecule has 24 heavy (non-hydrogen) atoms. The highest BCUT2D eigenvalue weighted by molar-refractivity contribution is 5.74. The lowest BCUT2D eigenvalue weighted by molar-refractivity contribution is 0.147. The average molecular weight is 328 g/mol. The first kappa shape index (κ1) is 16.6. The van der Waals surface area contributed by atoms with Crippen molar-refractivity contribution in [3.63, 3.8) is 0 Å². The summed E-state index contributed by atoms with van der Waals surface area (Å²) < 4.78 is 5.12. The van der Waals surface area contributed by atoms with Gasteiger partial charge in [0, 0.05) is 12.0 Å². The van der Waals surface area contributed by atoms with Crippen molar-refractivity contribution in [3.8, 4) is 0 Å². The molecule has 5 nitrogen and oxygen atoms in total. The van der Waals surface area contributed by atoms with Gasteiger partial charge in [-0.2, -0.15) is 0 Å². The number of hydrogen-bond acceptors (Lipinski definition) is 3. The van der Waals surface area contributed by atoms with E-state index in [-0.39, 0.29) is 18.0 Å². The Balaban J connectivity index is 1.53. The van der Waals surface area contributed by atoms with Crippen LogP contribution in [0.1, 0.15) is 43.1 Å². The van der Waals surface area contributed by atoms with Crippen molar-refractivity contribution in [2.45, 2.75) is 37.2 Å². The summed E-state index contributed by atoms with van der Waals surface area (Å²) in [5.41, 5.74) is 1.32. The first-order chi connectivity index (χ1) is 11.7. The van der Waals surface area contributed by atoms with E-state index in [0.29, 0.717) is 12.3 Å². The lowest BCUT2D eigenvalue weighted by Gasteiger charge is -2.30. The van der Waals surface area contributed by atoms with E-state index >= 15 is 0 Å². The molecule has 0 spiro atoms. The molecule has 2 aromatic rings. The van der Waals surface area contributed by atoms with Gasteiger partial charge in [-0.1, -0.05) is 43.2 Å². The van der Waals surface area contributed by atoms with Crippen molar-refractivity contribution in [2.24, 2.45) is 0 Å². The smallest absolute Gasteiger partial charge is 0.314 e. The van der Waals surface area contributed by atoms with Crippen LogP contribution in [0.15, 0.2) is 53.1 Å². The van der Waals surface area contributed by atoms with Gasteiger partial charge in [0.15, 0.2) is 0 Å². The third-order valence-electron chi connectivity index (χ3n) is 4.86. The molecule has 1 aromatic heterocycles. The highest BCUT2D eigenvalue weighted by atomic mass is 16.4. The van der Waals surface area contributed by atoms with Gasteiger partial charge >= 0.3 is 6.03 Å². The van der Waals surface area contributed by atoms with Gasteiger partial charge in [0.05, 0.1) is 12.8 Å². The van der Waals surface area contributed by atoms with Crippen LogP contribution in [0.5, 0.6) is 0 Å². The molecule has 1 aromatic carbocycles. The van der Waals surface area contributed by atoms with Gasteiger partial charge in [0.2, 0.25) is 0 Å². The van der Waals surface area contributed by atoms with E-state index in [0.717, 1.165) is 12.8 Å². The largest absolute Gasteiger partial charge is 0.467 e. The molecule has 0 saturated heterocycles. The Labute approximate surface area is 142 Å². The Hall–Kier alpha value is -2.27. The zero-order chi connectivity index (χ0) is 16.8. The number of aliphatic hydroxyl groups excluding tert-OH is 1. The lowest BCUT2D eigenvalue weighted by Crippen LogP contribution is -2.44. The fourth-order valence-electron chi connectivity index (χ4n) is 3.49. The van der Waals surface area contributed by atoms with Crippen LogP contribution in [0.25, 0.3) is 0 Å². The molecular weight excluding hydrogens is 304 g/mol. The number of benzene rings is 1. The first-order valence-electron chi connectivity index (χ1n) is 8.48. The Morgan fingerprint density at radius 1 is 1.12 bits per heavy atom. The summed E-state index contributed by atoms with van der Waals surface area (Å²) in [6.45, 7) is 0.734. The molecule has 5 heteroatoms. The summed E-state index contributed by atoms with van der Waals surface area (Å²) in [5, 5.41) is 15.6. The Morgan fingerprint density at radius 2 is 1.88 bits per heavy atom. The van der Waals surface area contributed by atoms with Gasteiger partial charge in [-0.05, 0) is 30.5 Å². The van der Waals surface area contributed by atoms with Gasteiger partial charge in [0.1, 0.15) is 11.9 Å². The normalized spacial score (nSPS) is 17.4. The standard InChI is InChI=1S/C19H24N2O3/c22-16(17-9-6-12-24-17)13-20-18(23)21-14-19(10-4-5-11-19)15-7-2-1-3-8-15/h1-3,6-9,12,16,22H,4-5,10-11,13-14H2,(H2,20,21,23). The maximum absolute atomic E-state index is 12.1. The highest BCUT2D eigenvalue weighted by Crippen LogP contribution is 2.40. The molecule has 1 saturated carbocycles. The minimum absolute atomic E-state index is 0.0260. The highest BCUT2D eigenvalue weighted by Gasteiger charge is 2.35. The van der Waals surface area contributed by atoms with Crippen LogP contribution < -0.4 is 10.6 Å². The minimum atomic E-state index is -0.833. The van der Waals surface area contributed by atoms with E-state index < -0.39 is 6.10 Å². The lowest BCUT2D eigenvalue weighted by atomic mass is 9.79. The van der Waals surface area contributed by atoms with Crippen molar-refractivity contribution in [1.29, 1.82) is 0 Å². The molecule has 1 aliphatic rings. The molecule has 3 N–H and O–H groups in total. The predicted molar refractivity (Wildman–Crippen MR) is 91.7 cm³/mol. The molecule has 0 aliphatic heterocycles. The number of rotatable bonds is 6. The topological polar surface area (TPSA) is 74.5 Å². The van der Waals surface area contributed by atoms with E-state index in [4.69, 9.17) is 4.42 Å². The van der Waals surface area contributed by atoms with Crippen LogP contribution in [-0.4, -0.2) is 24.2 Å². The van der Waals surface area contributed by atoms with E-state index in [1.54, 1.807) is 12.1 Å². The zero-order valence-electron chi connectivity index (χ0n) is 13.7. The molecule has 128 valence electrons. The minimum Gasteiger partial charge on any atom is -0.467 e. The van der Waals surface area contributed by atoms with Crippen LogP contribution in [0.2, 0.25) is 0 Å². The second-order valence-corrected chi connectivity index (χ2v) is 6.45. The molecule has 0 bridgehead atoms. The van der Waals surface area contributed by atoms with Crippen LogP contribution in [0.4, 0.5) is 4.79 Å². The van der Waals surface area contributed by atoms with Crippen LogP contribution in [0.3, 0.4) is 0 Å². The fourth-order valence-corrected chi connectivity index (χ4v) is 3.49. The van der Waals surface area contributed by atoms with Gasteiger partial charge < -0.3 is 20.2 Å². The maximum Gasteiger partial charge on any atom is 0.314 e. The van der Waals surface area contributed by atoms with Crippen molar-refractivity contribution < 1.29 is 14.3 Å². The Kier molecular flexibility index (Phi) is 5.20. The van der Waals surface area contributed by atoms with Gasteiger partial charge in [-0.25, -0.2) is 4.79 Å². The van der Waals surface area contributed by atoms with Crippen molar-refractivity contribution in [1.82, 2.24) is 10.6 Å². The number of nitrogens with one attached hydrogen (secondary N) is 2. The van der Waals surface area contributed by atoms with Gasteiger partial charge in [-0.15, -0.1) is 0 Å². The summed E-state index contributed by atoms with van der Waals surface area (Å²) in [4.78, 5) is 12.1. The summed E-state index contributed by atoms with van der Waals surface area (Å²) in [6.07, 6.45) is 5.23. The number of carbonyl (C=O) groups excluding carboxylic acids is 1. The third-order valence-corrected chi connectivity index (χ3v) is 4.86. The quantitative estimate of drug-likeness (QED) is 0.763.